The Bertz CT molecular complexity index is 317. The lowest BCUT2D eigenvalue weighted by Crippen LogP contribution is -2.56. The molecule has 2 saturated heterocycles. The minimum absolute atomic E-state index is 0.0962. The molecule has 1 N–H and O–H groups in total. The molecule has 110 valence electrons. The van der Waals surface area contributed by atoms with E-state index < -0.39 is 0 Å². The fourth-order valence-corrected chi connectivity index (χ4v) is 4.26. The summed E-state index contributed by atoms with van der Waals surface area (Å²) in [5.74, 6) is 2.56. The van der Waals surface area contributed by atoms with Crippen LogP contribution in [0.25, 0.3) is 0 Å². The number of thioether (sulfide) groups is 1. The van der Waals surface area contributed by atoms with E-state index in [0.29, 0.717) is 19.3 Å². The van der Waals surface area contributed by atoms with Crippen molar-refractivity contribution in [3.8, 4) is 0 Å². The number of nitrogens with zero attached hydrogens (tertiary/aromatic N) is 1. The zero-order valence-corrected chi connectivity index (χ0v) is 13.1. The van der Waals surface area contributed by atoms with E-state index in [4.69, 9.17) is 4.74 Å². The molecule has 2 atom stereocenters. The van der Waals surface area contributed by atoms with Crippen molar-refractivity contribution in [2.24, 2.45) is 5.41 Å². The highest BCUT2D eigenvalue weighted by molar-refractivity contribution is 7.99. The van der Waals surface area contributed by atoms with E-state index >= 15 is 0 Å². The topological polar surface area (TPSA) is 41.6 Å². The van der Waals surface area contributed by atoms with Gasteiger partial charge in [-0.25, -0.2) is 0 Å². The first-order valence-electron chi connectivity index (χ1n) is 7.21. The van der Waals surface area contributed by atoms with Gasteiger partial charge >= 0.3 is 0 Å². The molecule has 0 aliphatic carbocycles. The van der Waals surface area contributed by atoms with E-state index in [2.05, 4.69) is 19.2 Å². The van der Waals surface area contributed by atoms with Crippen molar-refractivity contribution in [3.05, 3.63) is 0 Å². The Kier molecular flexibility index (Phi) is 5.15. The molecular formula is C14H26N2O2S. The number of hydrogen-bond acceptors (Lipinski definition) is 4. The van der Waals surface area contributed by atoms with Crippen molar-refractivity contribution in [1.29, 1.82) is 0 Å². The maximum Gasteiger partial charge on any atom is 0.239 e. The number of rotatable bonds is 3. The summed E-state index contributed by atoms with van der Waals surface area (Å²) in [4.78, 5) is 14.3. The average Bonchev–Trinajstić information content (AvgIpc) is 2.41. The van der Waals surface area contributed by atoms with Gasteiger partial charge in [-0.05, 0) is 24.5 Å². The molecule has 0 radical (unpaired) electrons. The summed E-state index contributed by atoms with van der Waals surface area (Å²) in [5, 5.41) is 3.55. The lowest BCUT2D eigenvalue weighted by molar-refractivity contribution is -0.137. The molecule has 2 rings (SSSR count). The van der Waals surface area contributed by atoms with Gasteiger partial charge in [-0.15, -0.1) is 0 Å². The summed E-state index contributed by atoms with van der Waals surface area (Å²) in [7, 11) is 0. The van der Waals surface area contributed by atoms with Crippen LogP contribution < -0.4 is 5.32 Å². The fourth-order valence-electron chi connectivity index (χ4n) is 2.64. The molecule has 2 heterocycles. The van der Waals surface area contributed by atoms with E-state index in [1.807, 2.05) is 23.6 Å². The second kappa shape index (κ2) is 6.46. The van der Waals surface area contributed by atoms with E-state index in [1.54, 1.807) is 0 Å². The van der Waals surface area contributed by atoms with Gasteiger partial charge in [-0.2, -0.15) is 11.8 Å². The minimum atomic E-state index is -0.0962. The molecule has 0 bridgehead atoms. The number of nitrogens with one attached hydrogen (secondary N) is 1. The molecule has 2 aliphatic heterocycles. The third-order valence-corrected chi connectivity index (χ3v) is 5.32. The quantitative estimate of drug-likeness (QED) is 0.850. The summed E-state index contributed by atoms with van der Waals surface area (Å²) in [6.07, 6.45) is 1.22. The van der Waals surface area contributed by atoms with Crippen LogP contribution >= 0.6 is 11.8 Å². The molecule has 5 heteroatoms. The average molecular weight is 286 g/mol. The lowest BCUT2D eigenvalue weighted by atomic mass is 9.82. The third-order valence-electron chi connectivity index (χ3n) is 4.26. The Balaban J connectivity index is 1.88. The first-order valence-corrected chi connectivity index (χ1v) is 8.36. The summed E-state index contributed by atoms with van der Waals surface area (Å²) in [5.41, 5.74) is 0.283. The van der Waals surface area contributed by atoms with Gasteiger partial charge in [0.15, 0.2) is 0 Å². The molecule has 0 spiro atoms. The normalized spacial score (nSPS) is 29.0. The first-order chi connectivity index (χ1) is 9.00. The van der Waals surface area contributed by atoms with Crippen LogP contribution in [0.5, 0.6) is 0 Å². The van der Waals surface area contributed by atoms with Gasteiger partial charge in [0, 0.05) is 24.9 Å². The van der Waals surface area contributed by atoms with Crippen LogP contribution in [0.15, 0.2) is 0 Å². The first kappa shape index (κ1) is 15.1. The maximum absolute atomic E-state index is 12.4. The molecule has 0 aromatic carbocycles. The van der Waals surface area contributed by atoms with E-state index in [9.17, 15) is 4.79 Å². The standard InChI is InChI=1S/C14H26N2O2S/c1-11(13(17)16-5-7-18-8-6-16)15-12-10-19-9-4-14(12,2)3/h11-12,15H,4-10H2,1-3H3. The van der Waals surface area contributed by atoms with Gasteiger partial charge in [-0.1, -0.05) is 13.8 Å². The van der Waals surface area contributed by atoms with Crippen molar-refractivity contribution in [1.82, 2.24) is 10.2 Å². The Morgan fingerprint density at radius 3 is 2.74 bits per heavy atom. The molecule has 0 aromatic rings. The van der Waals surface area contributed by atoms with Gasteiger partial charge < -0.3 is 15.0 Å². The Morgan fingerprint density at radius 1 is 1.42 bits per heavy atom. The minimum Gasteiger partial charge on any atom is -0.378 e. The van der Waals surface area contributed by atoms with Crippen LogP contribution in [0, 0.1) is 5.41 Å². The Labute approximate surface area is 120 Å². The lowest BCUT2D eigenvalue weighted by Gasteiger charge is -2.41. The van der Waals surface area contributed by atoms with Crippen LogP contribution in [-0.4, -0.2) is 60.7 Å². The highest BCUT2D eigenvalue weighted by Gasteiger charge is 2.35. The molecule has 4 nitrogen and oxygen atoms in total. The zero-order chi connectivity index (χ0) is 13.9. The molecule has 2 unspecified atom stereocenters. The van der Waals surface area contributed by atoms with Crippen molar-refractivity contribution >= 4 is 17.7 Å². The second-order valence-electron chi connectivity index (χ2n) is 6.19. The van der Waals surface area contributed by atoms with Crippen molar-refractivity contribution in [3.63, 3.8) is 0 Å². The van der Waals surface area contributed by atoms with Gasteiger partial charge in [0.1, 0.15) is 0 Å². The number of carbonyl (C=O) groups is 1. The summed E-state index contributed by atoms with van der Waals surface area (Å²) in [6, 6.07) is 0.326. The van der Waals surface area contributed by atoms with Gasteiger partial charge in [0.05, 0.1) is 19.3 Å². The van der Waals surface area contributed by atoms with E-state index in [0.717, 1.165) is 18.8 Å². The highest BCUT2D eigenvalue weighted by Crippen LogP contribution is 2.34. The molecule has 1 amide bonds. The molecular weight excluding hydrogens is 260 g/mol. The van der Waals surface area contributed by atoms with Crippen molar-refractivity contribution in [2.45, 2.75) is 39.3 Å². The number of ether oxygens (including phenoxy) is 1. The van der Waals surface area contributed by atoms with Crippen LogP contribution in [0.4, 0.5) is 0 Å². The SMILES string of the molecule is CC(NC1CSCCC1(C)C)C(=O)N1CCOCC1. The number of morpholine rings is 1. The van der Waals surface area contributed by atoms with E-state index in [-0.39, 0.29) is 17.4 Å². The maximum atomic E-state index is 12.4. The largest absolute Gasteiger partial charge is 0.378 e. The smallest absolute Gasteiger partial charge is 0.239 e. The molecule has 2 aliphatic rings. The molecule has 0 aromatic heterocycles. The zero-order valence-electron chi connectivity index (χ0n) is 12.3. The van der Waals surface area contributed by atoms with Crippen LogP contribution in [0.2, 0.25) is 0 Å². The van der Waals surface area contributed by atoms with Crippen LogP contribution in [-0.2, 0) is 9.53 Å². The van der Waals surface area contributed by atoms with Gasteiger partial charge in [0.25, 0.3) is 0 Å². The summed E-state index contributed by atoms with van der Waals surface area (Å²) >= 11 is 1.99. The van der Waals surface area contributed by atoms with E-state index in [1.165, 1.54) is 12.2 Å². The molecule has 19 heavy (non-hydrogen) atoms. The number of hydrogen-bond donors (Lipinski definition) is 1. The molecule has 2 fully saturated rings. The summed E-state index contributed by atoms with van der Waals surface area (Å²) < 4.78 is 5.30. The highest BCUT2D eigenvalue weighted by atomic mass is 32.2. The fraction of sp³-hybridized carbons (Fsp3) is 0.929. The predicted octanol–water partition coefficient (Wildman–Crippen LogP) is 1.35. The molecule has 0 saturated carbocycles. The Hall–Kier alpha value is -0.260. The Morgan fingerprint density at radius 2 is 2.11 bits per heavy atom. The van der Waals surface area contributed by atoms with Crippen LogP contribution in [0.1, 0.15) is 27.2 Å². The number of carbonyl (C=O) groups excluding carboxylic acids is 1. The van der Waals surface area contributed by atoms with Crippen LogP contribution in [0.3, 0.4) is 0 Å². The number of amides is 1. The predicted molar refractivity (Wildman–Crippen MR) is 79.5 cm³/mol. The summed E-state index contributed by atoms with van der Waals surface area (Å²) in [6.45, 7) is 9.40. The third kappa shape index (κ3) is 3.86. The van der Waals surface area contributed by atoms with Gasteiger partial charge in [0.2, 0.25) is 5.91 Å². The monoisotopic (exact) mass is 286 g/mol. The van der Waals surface area contributed by atoms with Crippen molar-refractivity contribution < 1.29 is 9.53 Å². The van der Waals surface area contributed by atoms with Gasteiger partial charge in [-0.3, -0.25) is 4.79 Å². The van der Waals surface area contributed by atoms with Crippen molar-refractivity contribution in [2.75, 3.05) is 37.8 Å². The second-order valence-corrected chi connectivity index (χ2v) is 7.34.